The Morgan fingerprint density at radius 2 is 1.58 bits per heavy atom. The van der Waals surface area contributed by atoms with E-state index in [0.717, 1.165) is 5.56 Å². The molecule has 0 amide bonds. The van der Waals surface area contributed by atoms with E-state index in [1.807, 2.05) is 60.7 Å². The highest BCUT2D eigenvalue weighted by Crippen LogP contribution is 2.51. The Kier molecular flexibility index (Phi) is 6.79. The van der Waals surface area contributed by atoms with Gasteiger partial charge in [0.05, 0.1) is 25.7 Å². The summed E-state index contributed by atoms with van der Waals surface area (Å²) in [5.41, 5.74) is 9.90. The third-order valence-electron chi connectivity index (χ3n) is 7.16. The van der Waals surface area contributed by atoms with Gasteiger partial charge in [-0.1, -0.05) is 54.6 Å². The molecule has 8 nitrogen and oxygen atoms in total. The Morgan fingerprint density at radius 3 is 2.18 bits per heavy atom. The van der Waals surface area contributed by atoms with Gasteiger partial charge in [0.25, 0.3) is 0 Å². The van der Waals surface area contributed by atoms with Crippen molar-refractivity contribution in [3.8, 4) is 0 Å². The second kappa shape index (κ2) is 10.3. The van der Waals surface area contributed by atoms with E-state index >= 15 is 0 Å². The minimum atomic E-state index is -1.10. The van der Waals surface area contributed by atoms with E-state index in [9.17, 15) is 14.4 Å². The number of hydrogen-bond acceptors (Lipinski definition) is 8. The quantitative estimate of drug-likeness (QED) is 0.408. The van der Waals surface area contributed by atoms with Crippen LogP contribution < -0.4 is 10.6 Å². The summed E-state index contributed by atoms with van der Waals surface area (Å²) in [6.07, 6.45) is 3.51. The van der Waals surface area contributed by atoms with Gasteiger partial charge in [0.15, 0.2) is 5.78 Å². The molecule has 2 aromatic carbocycles. The van der Waals surface area contributed by atoms with E-state index < -0.39 is 35.5 Å². The topological polar surface area (TPSA) is 112 Å². The highest BCUT2D eigenvalue weighted by atomic mass is 16.5. The number of esters is 2. The van der Waals surface area contributed by atoms with Gasteiger partial charge in [-0.05, 0) is 35.7 Å². The van der Waals surface area contributed by atoms with Crippen LogP contribution in [0.3, 0.4) is 0 Å². The molecule has 0 fully saturated rings. The zero-order chi connectivity index (χ0) is 26.8. The number of ketones is 1. The van der Waals surface area contributed by atoms with Gasteiger partial charge in [-0.2, -0.15) is 0 Å². The molecular weight excluding hydrogens is 482 g/mol. The number of hydrogen-bond donors (Lipinski definition) is 1. The number of pyridine rings is 1. The number of nitrogens with two attached hydrogens (primary N) is 1. The minimum Gasteiger partial charge on any atom is -0.468 e. The SMILES string of the molecule is COC(=O)C1=C(N)N(c2ccccc2)C2=C(C(=O)[C@H](C(=O)OC)[C@H](c3ccccc3)C2)[C@@H]1c1cccnc1. The molecule has 1 aromatic heterocycles. The van der Waals surface area contributed by atoms with Gasteiger partial charge in [0, 0.05) is 35.3 Å². The van der Waals surface area contributed by atoms with Crippen LogP contribution in [0.5, 0.6) is 0 Å². The summed E-state index contributed by atoms with van der Waals surface area (Å²) >= 11 is 0. The molecule has 1 aliphatic carbocycles. The number of nitrogens with zero attached hydrogens (tertiary/aromatic N) is 2. The molecule has 0 bridgehead atoms. The van der Waals surface area contributed by atoms with Crippen LogP contribution in [0, 0.1) is 5.92 Å². The summed E-state index contributed by atoms with van der Waals surface area (Å²) in [6, 6.07) is 22.2. The molecule has 5 rings (SSSR count). The van der Waals surface area contributed by atoms with Crippen molar-refractivity contribution in [3.05, 3.63) is 119 Å². The monoisotopic (exact) mass is 509 g/mol. The number of carbonyl (C=O) groups excluding carboxylic acids is 3. The van der Waals surface area contributed by atoms with E-state index in [2.05, 4.69) is 4.98 Å². The third-order valence-corrected chi connectivity index (χ3v) is 7.16. The highest BCUT2D eigenvalue weighted by Gasteiger charge is 2.51. The molecular formula is C30H27N3O5. The smallest absolute Gasteiger partial charge is 0.338 e. The predicted octanol–water partition coefficient (Wildman–Crippen LogP) is 3.83. The lowest BCUT2D eigenvalue weighted by Gasteiger charge is -2.44. The number of aromatic nitrogens is 1. The van der Waals surface area contributed by atoms with Crippen molar-refractivity contribution in [2.24, 2.45) is 11.7 Å². The molecule has 0 saturated heterocycles. The molecule has 192 valence electrons. The number of allylic oxidation sites excluding steroid dienone is 2. The Morgan fingerprint density at radius 1 is 0.921 bits per heavy atom. The second-order valence-electron chi connectivity index (χ2n) is 9.13. The third kappa shape index (κ3) is 4.14. The molecule has 0 unspecified atom stereocenters. The van der Waals surface area contributed by atoms with E-state index in [1.54, 1.807) is 29.4 Å². The lowest BCUT2D eigenvalue weighted by molar-refractivity contribution is -0.150. The molecule has 0 radical (unpaired) electrons. The number of methoxy groups -OCH3 is 2. The maximum atomic E-state index is 14.4. The average Bonchev–Trinajstić information content (AvgIpc) is 2.97. The Bertz CT molecular complexity index is 1430. The average molecular weight is 510 g/mol. The fourth-order valence-corrected chi connectivity index (χ4v) is 5.50. The standard InChI is InChI=1S/C30H27N3O5/c1-37-29(35)24-21(18-10-5-3-6-11-18)16-22-25(27(24)34)23(19-12-9-15-32-17-19)26(30(36)38-2)28(31)33(22)20-13-7-4-8-14-20/h3-15,17,21,23-24H,16,31H2,1-2H3/t21-,23-,24+/m0/s1. The van der Waals surface area contributed by atoms with E-state index in [0.29, 0.717) is 28.9 Å². The van der Waals surface area contributed by atoms with Crippen molar-refractivity contribution in [1.29, 1.82) is 0 Å². The number of rotatable bonds is 5. The van der Waals surface area contributed by atoms with E-state index in [4.69, 9.17) is 15.2 Å². The maximum Gasteiger partial charge on any atom is 0.338 e. The summed E-state index contributed by atoms with van der Waals surface area (Å²) in [5, 5.41) is 0. The van der Waals surface area contributed by atoms with Crippen molar-refractivity contribution in [1.82, 2.24) is 4.98 Å². The molecule has 8 heteroatoms. The molecule has 3 atom stereocenters. The van der Waals surface area contributed by atoms with Gasteiger partial charge in [-0.15, -0.1) is 0 Å². The van der Waals surface area contributed by atoms with Gasteiger partial charge < -0.3 is 15.2 Å². The van der Waals surface area contributed by atoms with Crippen molar-refractivity contribution in [3.63, 3.8) is 0 Å². The van der Waals surface area contributed by atoms with Gasteiger partial charge in [0.2, 0.25) is 0 Å². The molecule has 2 aliphatic rings. The van der Waals surface area contributed by atoms with Crippen molar-refractivity contribution in [2.45, 2.75) is 18.3 Å². The first-order valence-electron chi connectivity index (χ1n) is 12.2. The van der Waals surface area contributed by atoms with Crippen LogP contribution >= 0.6 is 0 Å². The highest BCUT2D eigenvalue weighted by molar-refractivity contribution is 6.14. The number of ether oxygens (including phenoxy) is 2. The van der Waals surface area contributed by atoms with Crippen LogP contribution in [0.4, 0.5) is 5.69 Å². The largest absolute Gasteiger partial charge is 0.468 e. The molecule has 3 aromatic rings. The van der Waals surface area contributed by atoms with Crippen LogP contribution in [0.15, 0.2) is 108 Å². The Hall–Kier alpha value is -4.72. The number of anilines is 1. The number of benzene rings is 2. The number of carbonyl (C=O) groups is 3. The summed E-state index contributed by atoms with van der Waals surface area (Å²) < 4.78 is 10.3. The summed E-state index contributed by atoms with van der Waals surface area (Å²) in [6.45, 7) is 0. The molecule has 2 N–H and O–H groups in total. The summed E-state index contributed by atoms with van der Waals surface area (Å²) in [5.74, 6) is -4.03. The number of Topliss-reactive ketones (excluding diaryl/α,β-unsaturated/α-hetero) is 1. The first-order valence-corrected chi connectivity index (χ1v) is 12.2. The lowest BCUT2D eigenvalue weighted by atomic mass is 9.67. The molecule has 0 saturated carbocycles. The van der Waals surface area contributed by atoms with Crippen LogP contribution in [-0.2, 0) is 23.9 Å². The summed E-state index contributed by atoms with van der Waals surface area (Å²) in [7, 11) is 2.54. The van der Waals surface area contributed by atoms with Crippen LogP contribution in [0.1, 0.15) is 29.4 Å². The normalized spacial score (nSPS) is 21.2. The van der Waals surface area contributed by atoms with E-state index in [-0.39, 0.29) is 11.4 Å². The lowest BCUT2D eigenvalue weighted by Crippen LogP contribution is -2.46. The molecule has 38 heavy (non-hydrogen) atoms. The van der Waals surface area contributed by atoms with Crippen LogP contribution in [0.2, 0.25) is 0 Å². The molecule has 1 aliphatic heterocycles. The van der Waals surface area contributed by atoms with Gasteiger partial charge in [-0.3, -0.25) is 19.5 Å². The second-order valence-corrected chi connectivity index (χ2v) is 9.13. The van der Waals surface area contributed by atoms with E-state index in [1.165, 1.54) is 14.2 Å². The fraction of sp³-hybridized carbons (Fsp3) is 0.200. The van der Waals surface area contributed by atoms with Crippen LogP contribution in [0.25, 0.3) is 0 Å². The summed E-state index contributed by atoms with van der Waals surface area (Å²) in [4.78, 5) is 46.8. The molecule has 2 heterocycles. The molecule has 0 spiro atoms. The van der Waals surface area contributed by atoms with Gasteiger partial charge in [0.1, 0.15) is 11.7 Å². The predicted molar refractivity (Wildman–Crippen MR) is 140 cm³/mol. The minimum absolute atomic E-state index is 0.109. The van der Waals surface area contributed by atoms with Crippen molar-refractivity contribution < 1.29 is 23.9 Å². The zero-order valence-corrected chi connectivity index (χ0v) is 21.0. The maximum absolute atomic E-state index is 14.4. The van der Waals surface area contributed by atoms with Crippen molar-refractivity contribution in [2.75, 3.05) is 19.1 Å². The number of para-hydroxylation sites is 1. The Balaban J connectivity index is 1.82. The Labute approximate surface area is 220 Å². The fourth-order valence-electron chi connectivity index (χ4n) is 5.50. The van der Waals surface area contributed by atoms with Crippen molar-refractivity contribution >= 4 is 23.4 Å². The first-order chi connectivity index (χ1) is 18.5. The zero-order valence-electron chi connectivity index (χ0n) is 21.0. The first kappa shape index (κ1) is 25.0. The van der Waals surface area contributed by atoms with Crippen LogP contribution in [-0.4, -0.2) is 36.9 Å². The van der Waals surface area contributed by atoms with Gasteiger partial charge >= 0.3 is 11.9 Å². The van der Waals surface area contributed by atoms with Gasteiger partial charge in [-0.25, -0.2) is 4.79 Å².